The maximum Gasteiger partial charge on any atom is 0.312 e. The molecular formula is C21H26BrNO5. The maximum absolute atomic E-state index is 12.9. The average Bonchev–Trinajstić information content (AvgIpc) is 2.64. The van der Waals surface area contributed by atoms with Crippen molar-refractivity contribution in [2.75, 3.05) is 26.1 Å². The van der Waals surface area contributed by atoms with Crippen molar-refractivity contribution >= 4 is 33.5 Å². The van der Waals surface area contributed by atoms with Crippen LogP contribution in [0.4, 0.5) is 5.69 Å². The van der Waals surface area contributed by atoms with E-state index in [0.717, 1.165) is 32.1 Å². The van der Waals surface area contributed by atoms with Gasteiger partial charge in [0.25, 0.3) is 5.91 Å². The van der Waals surface area contributed by atoms with Crippen LogP contribution in [0, 0.1) is 17.3 Å². The number of methoxy groups -OCH3 is 2. The Balaban J connectivity index is 1.36. The Labute approximate surface area is 173 Å². The monoisotopic (exact) mass is 451 g/mol. The summed E-state index contributed by atoms with van der Waals surface area (Å²) >= 11 is 3.90. The Hall–Kier alpha value is -1.76. The number of alkyl halides is 1. The van der Waals surface area contributed by atoms with Crippen molar-refractivity contribution in [3.05, 3.63) is 18.2 Å². The molecule has 152 valence electrons. The molecule has 5 rings (SSSR count). The van der Waals surface area contributed by atoms with Gasteiger partial charge in [-0.25, -0.2) is 0 Å². The number of carbonyl (C=O) groups is 2. The molecule has 1 N–H and O–H groups in total. The lowest BCUT2D eigenvalue weighted by atomic mass is 9.49. The molecule has 4 fully saturated rings. The zero-order valence-electron chi connectivity index (χ0n) is 16.3. The molecular weight excluding hydrogens is 426 g/mol. The van der Waals surface area contributed by atoms with Gasteiger partial charge in [0.2, 0.25) is 0 Å². The molecule has 4 aliphatic carbocycles. The van der Waals surface area contributed by atoms with Gasteiger partial charge in [-0.2, -0.15) is 0 Å². The largest absolute Gasteiger partial charge is 0.493 e. The van der Waals surface area contributed by atoms with Gasteiger partial charge in [-0.1, -0.05) is 15.9 Å². The first-order valence-electron chi connectivity index (χ1n) is 9.73. The van der Waals surface area contributed by atoms with Crippen LogP contribution in [0.3, 0.4) is 0 Å². The Morgan fingerprint density at radius 1 is 1.11 bits per heavy atom. The summed E-state index contributed by atoms with van der Waals surface area (Å²) in [5, 5.41) is 2.74. The van der Waals surface area contributed by atoms with Crippen molar-refractivity contribution in [1.82, 2.24) is 0 Å². The van der Waals surface area contributed by atoms with E-state index in [0.29, 0.717) is 29.0 Å². The van der Waals surface area contributed by atoms with E-state index in [1.54, 1.807) is 25.3 Å². The van der Waals surface area contributed by atoms with Crippen LogP contribution in [0.25, 0.3) is 0 Å². The SMILES string of the molecule is COc1ccc(NC(=O)COC(=O)C23C[C@H]4C[C@@H](CC(Br)(C4)C2)C3)cc1OC. The molecule has 0 saturated heterocycles. The molecule has 1 amide bonds. The highest BCUT2D eigenvalue weighted by Crippen LogP contribution is 2.64. The number of nitrogens with one attached hydrogen (secondary N) is 1. The minimum absolute atomic E-state index is 0.0814. The molecule has 0 spiro atoms. The smallest absolute Gasteiger partial charge is 0.312 e. The summed E-state index contributed by atoms with van der Waals surface area (Å²) in [5.74, 6) is 1.71. The van der Waals surface area contributed by atoms with Gasteiger partial charge in [-0.3, -0.25) is 9.59 Å². The zero-order valence-corrected chi connectivity index (χ0v) is 17.8. The fourth-order valence-corrected chi connectivity index (χ4v) is 7.24. The number of halogens is 1. The second-order valence-corrected chi connectivity index (χ2v) is 10.3. The minimum atomic E-state index is -0.419. The van der Waals surface area contributed by atoms with E-state index in [4.69, 9.17) is 14.2 Å². The fraction of sp³-hybridized carbons (Fsp3) is 0.619. The predicted molar refractivity (Wildman–Crippen MR) is 108 cm³/mol. The third kappa shape index (κ3) is 3.61. The third-order valence-corrected chi connectivity index (χ3v) is 7.35. The molecule has 4 bridgehead atoms. The lowest BCUT2D eigenvalue weighted by molar-refractivity contribution is -0.170. The predicted octanol–water partition coefficient (Wildman–Crippen LogP) is 3.92. The molecule has 0 aliphatic heterocycles. The molecule has 28 heavy (non-hydrogen) atoms. The average molecular weight is 452 g/mol. The van der Waals surface area contributed by atoms with Crippen LogP contribution >= 0.6 is 15.9 Å². The Bertz CT molecular complexity index is 781. The van der Waals surface area contributed by atoms with Gasteiger partial charge in [0.05, 0.1) is 19.6 Å². The van der Waals surface area contributed by atoms with Crippen LogP contribution in [-0.4, -0.2) is 37.0 Å². The Morgan fingerprint density at radius 3 is 2.39 bits per heavy atom. The number of anilines is 1. The highest BCUT2D eigenvalue weighted by Gasteiger charge is 2.60. The van der Waals surface area contributed by atoms with Gasteiger partial charge in [0, 0.05) is 16.1 Å². The minimum Gasteiger partial charge on any atom is -0.493 e. The van der Waals surface area contributed by atoms with E-state index in [-0.39, 0.29) is 22.8 Å². The van der Waals surface area contributed by atoms with Crippen LogP contribution in [0.1, 0.15) is 38.5 Å². The number of hydrogen-bond acceptors (Lipinski definition) is 5. The highest BCUT2D eigenvalue weighted by molar-refractivity contribution is 9.10. The van der Waals surface area contributed by atoms with Gasteiger partial charge >= 0.3 is 5.97 Å². The number of hydrogen-bond donors (Lipinski definition) is 1. The molecule has 6 nitrogen and oxygen atoms in total. The number of ether oxygens (including phenoxy) is 3. The molecule has 0 unspecified atom stereocenters. The van der Waals surface area contributed by atoms with Crippen molar-refractivity contribution in [2.45, 2.75) is 42.8 Å². The van der Waals surface area contributed by atoms with Gasteiger partial charge in [0.15, 0.2) is 18.1 Å². The van der Waals surface area contributed by atoms with Crippen molar-refractivity contribution in [3.63, 3.8) is 0 Å². The van der Waals surface area contributed by atoms with Crippen LogP contribution in [-0.2, 0) is 14.3 Å². The Kier molecular flexibility index (Phi) is 5.06. The third-order valence-electron chi connectivity index (χ3n) is 6.42. The summed E-state index contributed by atoms with van der Waals surface area (Å²) in [4.78, 5) is 25.2. The summed E-state index contributed by atoms with van der Waals surface area (Å²) in [6, 6.07) is 5.10. The van der Waals surface area contributed by atoms with Gasteiger partial charge in [-0.15, -0.1) is 0 Å². The van der Waals surface area contributed by atoms with Crippen LogP contribution < -0.4 is 14.8 Å². The van der Waals surface area contributed by atoms with E-state index in [1.165, 1.54) is 13.5 Å². The lowest BCUT2D eigenvalue weighted by Gasteiger charge is -2.58. The van der Waals surface area contributed by atoms with Crippen molar-refractivity contribution in [3.8, 4) is 11.5 Å². The van der Waals surface area contributed by atoms with Crippen LogP contribution in [0.15, 0.2) is 18.2 Å². The summed E-state index contributed by atoms with van der Waals surface area (Å²) in [6.45, 7) is -0.278. The van der Waals surface area contributed by atoms with E-state index >= 15 is 0 Å². The lowest BCUT2D eigenvalue weighted by Crippen LogP contribution is -2.56. The summed E-state index contributed by atoms with van der Waals surface area (Å²) in [5.41, 5.74) is 0.143. The van der Waals surface area contributed by atoms with Gasteiger partial charge in [0.1, 0.15) is 0 Å². The van der Waals surface area contributed by atoms with Gasteiger partial charge in [-0.05, 0) is 62.5 Å². The first kappa shape index (κ1) is 19.6. The molecule has 1 aromatic carbocycles. The number of esters is 1. The highest BCUT2D eigenvalue weighted by atomic mass is 79.9. The number of amides is 1. The first-order chi connectivity index (χ1) is 13.3. The van der Waals surface area contributed by atoms with Crippen molar-refractivity contribution < 1.29 is 23.8 Å². The molecule has 1 aromatic rings. The van der Waals surface area contributed by atoms with Gasteiger partial charge < -0.3 is 19.5 Å². The maximum atomic E-state index is 12.9. The second kappa shape index (κ2) is 7.25. The van der Waals surface area contributed by atoms with Crippen LogP contribution in [0.2, 0.25) is 0 Å². The summed E-state index contributed by atoms with van der Waals surface area (Å²) in [6.07, 6.45) is 6.14. The quantitative estimate of drug-likeness (QED) is 0.523. The Morgan fingerprint density at radius 2 is 1.79 bits per heavy atom. The van der Waals surface area contributed by atoms with Crippen LogP contribution in [0.5, 0.6) is 11.5 Å². The molecule has 7 heteroatoms. The fourth-order valence-electron chi connectivity index (χ4n) is 5.78. The topological polar surface area (TPSA) is 73.9 Å². The molecule has 4 saturated carbocycles. The van der Waals surface area contributed by atoms with E-state index in [1.807, 2.05) is 0 Å². The van der Waals surface area contributed by atoms with Crippen molar-refractivity contribution in [2.24, 2.45) is 17.3 Å². The number of rotatable bonds is 6. The molecule has 0 heterocycles. The number of carbonyl (C=O) groups excluding carboxylic acids is 2. The second-order valence-electron chi connectivity index (χ2n) is 8.59. The standard InChI is InChI=1S/C21H26BrNO5/c1-26-16-4-3-15(6-17(16)27-2)23-18(24)11-28-19(25)20-7-13-5-14(8-20)10-21(22,9-13)12-20/h3-4,6,13-14H,5,7-12H2,1-2H3,(H,23,24)/t13-,14-,20?,21?/m1/s1. The molecule has 0 radical (unpaired) electrons. The summed E-state index contributed by atoms with van der Waals surface area (Å²) in [7, 11) is 3.09. The van der Waals surface area contributed by atoms with E-state index < -0.39 is 5.41 Å². The first-order valence-corrected chi connectivity index (χ1v) is 10.5. The van der Waals surface area contributed by atoms with Crippen molar-refractivity contribution in [1.29, 1.82) is 0 Å². The summed E-state index contributed by atoms with van der Waals surface area (Å²) < 4.78 is 16.0. The molecule has 2 atom stereocenters. The normalized spacial score (nSPS) is 32.7. The zero-order chi connectivity index (χ0) is 19.9. The number of benzene rings is 1. The van der Waals surface area contributed by atoms with E-state index in [2.05, 4.69) is 21.2 Å². The molecule has 4 aliphatic rings. The van der Waals surface area contributed by atoms with E-state index in [9.17, 15) is 9.59 Å². The molecule has 0 aromatic heterocycles.